The van der Waals surface area contributed by atoms with Gasteiger partial charge in [-0.15, -0.1) is 0 Å². The second-order valence-corrected chi connectivity index (χ2v) is 4.54. The van der Waals surface area contributed by atoms with E-state index in [9.17, 15) is 15.0 Å². The molecule has 2 rings (SSSR count). The molecule has 0 aliphatic carbocycles. The highest BCUT2D eigenvalue weighted by Gasteiger charge is 2.19. The maximum absolute atomic E-state index is 12.0. The van der Waals surface area contributed by atoms with E-state index in [0.29, 0.717) is 12.1 Å². The highest BCUT2D eigenvalue weighted by molar-refractivity contribution is 5.95. The SMILES string of the molecule is CCCCNC(=O)c1nc(-c2ccccc2)nc(O)c1O. The topological polar surface area (TPSA) is 95.3 Å². The summed E-state index contributed by atoms with van der Waals surface area (Å²) < 4.78 is 0. The number of amides is 1. The standard InChI is InChI=1S/C15H17N3O3/c1-2-3-9-16-14(20)11-12(19)15(21)18-13(17-11)10-7-5-4-6-8-10/h4-8,19H,2-3,9H2,1H3,(H,16,20)(H,17,18,21). The fraction of sp³-hybridized carbons (Fsp3) is 0.267. The number of nitrogens with one attached hydrogen (secondary N) is 1. The smallest absolute Gasteiger partial charge is 0.274 e. The molecule has 6 heteroatoms. The Bertz CT molecular complexity index is 630. The maximum Gasteiger partial charge on any atom is 0.274 e. The summed E-state index contributed by atoms with van der Waals surface area (Å²) in [4.78, 5) is 19.8. The minimum atomic E-state index is -0.608. The molecule has 0 saturated carbocycles. The van der Waals surface area contributed by atoms with Crippen LogP contribution in [0, 0.1) is 0 Å². The first-order valence-electron chi connectivity index (χ1n) is 6.77. The summed E-state index contributed by atoms with van der Waals surface area (Å²) in [5, 5.41) is 22.1. The van der Waals surface area contributed by atoms with Gasteiger partial charge in [-0.1, -0.05) is 43.7 Å². The molecule has 1 amide bonds. The second-order valence-electron chi connectivity index (χ2n) is 4.54. The van der Waals surface area contributed by atoms with Gasteiger partial charge in [-0.25, -0.2) is 4.98 Å². The van der Waals surface area contributed by atoms with Crippen molar-refractivity contribution in [1.29, 1.82) is 0 Å². The van der Waals surface area contributed by atoms with Crippen molar-refractivity contribution >= 4 is 5.91 Å². The quantitative estimate of drug-likeness (QED) is 0.732. The van der Waals surface area contributed by atoms with Crippen molar-refractivity contribution in [2.45, 2.75) is 19.8 Å². The third-order valence-electron chi connectivity index (χ3n) is 2.93. The van der Waals surface area contributed by atoms with Crippen LogP contribution < -0.4 is 5.32 Å². The Hall–Kier alpha value is -2.63. The van der Waals surface area contributed by atoms with Gasteiger partial charge in [-0.05, 0) is 6.42 Å². The molecule has 0 aliphatic rings. The Morgan fingerprint density at radius 3 is 2.57 bits per heavy atom. The molecule has 1 aromatic carbocycles. The van der Waals surface area contributed by atoms with Crippen molar-refractivity contribution in [2.75, 3.05) is 6.54 Å². The van der Waals surface area contributed by atoms with Gasteiger partial charge < -0.3 is 15.5 Å². The van der Waals surface area contributed by atoms with Crippen LogP contribution in [-0.4, -0.2) is 32.6 Å². The molecule has 0 spiro atoms. The van der Waals surface area contributed by atoms with Gasteiger partial charge in [0.15, 0.2) is 11.5 Å². The predicted octanol–water partition coefficient (Wildman–Crippen LogP) is 2.08. The van der Waals surface area contributed by atoms with E-state index in [-0.39, 0.29) is 11.5 Å². The Morgan fingerprint density at radius 1 is 1.19 bits per heavy atom. The van der Waals surface area contributed by atoms with Crippen molar-refractivity contribution in [2.24, 2.45) is 0 Å². The minimum absolute atomic E-state index is 0.187. The molecular weight excluding hydrogens is 270 g/mol. The number of hydrogen-bond acceptors (Lipinski definition) is 5. The van der Waals surface area contributed by atoms with Gasteiger partial charge in [0.1, 0.15) is 0 Å². The number of aromatic nitrogens is 2. The number of carbonyl (C=O) groups is 1. The van der Waals surface area contributed by atoms with Gasteiger partial charge in [-0.2, -0.15) is 4.98 Å². The summed E-state index contributed by atoms with van der Waals surface area (Å²) in [7, 11) is 0. The maximum atomic E-state index is 12.0. The molecule has 0 fully saturated rings. The van der Waals surface area contributed by atoms with Crippen molar-refractivity contribution < 1.29 is 15.0 Å². The lowest BCUT2D eigenvalue weighted by molar-refractivity contribution is 0.0944. The van der Waals surface area contributed by atoms with E-state index in [0.717, 1.165) is 12.8 Å². The Balaban J connectivity index is 2.33. The number of unbranched alkanes of at least 4 members (excludes halogenated alkanes) is 1. The van der Waals surface area contributed by atoms with E-state index >= 15 is 0 Å². The normalized spacial score (nSPS) is 10.3. The lowest BCUT2D eigenvalue weighted by Crippen LogP contribution is -2.25. The highest BCUT2D eigenvalue weighted by atomic mass is 16.3. The van der Waals surface area contributed by atoms with Crippen LogP contribution in [-0.2, 0) is 0 Å². The van der Waals surface area contributed by atoms with E-state index in [1.54, 1.807) is 24.3 Å². The van der Waals surface area contributed by atoms with Gasteiger partial charge in [-0.3, -0.25) is 4.79 Å². The van der Waals surface area contributed by atoms with E-state index in [1.165, 1.54) is 0 Å². The number of aromatic hydroxyl groups is 2. The van der Waals surface area contributed by atoms with Crippen LogP contribution in [0.5, 0.6) is 11.6 Å². The molecular formula is C15H17N3O3. The number of carbonyl (C=O) groups excluding carboxylic acids is 1. The molecule has 0 saturated heterocycles. The van der Waals surface area contributed by atoms with Crippen LogP contribution in [0.25, 0.3) is 11.4 Å². The first-order chi connectivity index (χ1) is 10.1. The summed E-state index contributed by atoms with van der Waals surface area (Å²) in [6.07, 6.45) is 1.77. The molecule has 0 bridgehead atoms. The molecule has 1 aromatic heterocycles. The summed E-state index contributed by atoms with van der Waals surface area (Å²) >= 11 is 0. The Morgan fingerprint density at radius 2 is 1.90 bits per heavy atom. The lowest BCUT2D eigenvalue weighted by Gasteiger charge is -2.08. The minimum Gasteiger partial charge on any atom is -0.501 e. The summed E-state index contributed by atoms with van der Waals surface area (Å²) in [6.45, 7) is 2.49. The molecule has 0 unspecified atom stereocenters. The number of nitrogens with zero attached hydrogens (tertiary/aromatic N) is 2. The van der Waals surface area contributed by atoms with Crippen LogP contribution in [0.1, 0.15) is 30.3 Å². The van der Waals surface area contributed by atoms with E-state index in [2.05, 4.69) is 15.3 Å². The zero-order valence-corrected chi connectivity index (χ0v) is 11.7. The lowest BCUT2D eigenvalue weighted by atomic mass is 10.2. The van der Waals surface area contributed by atoms with Crippen molar-refractivity contribution in [3.05, 3.63) is 36.0 Å². The highest BCUT2D eigenvalue weighted by Crippen LogP contribution is 2.28. The number of rotatable bonds is 5. The zero-order chi connectivity index (χ0) is 15.2. The third-order valence-corrected chi connectivity index (χ3v) is 2.93. The van der Waals surface area contributed by atoms with Gasteiger partial charge in [0, 0.05) is 12.1 Å². The molecule has 0 atom stereocenters. The Kier molecular flexibility index (Phi) is 4.71. The average molecular weight is 287 g/mol. The van der Waals surface area contributed by atoms with Crippen molar-refractivity contribution in [1.82, 2.24) is 15.3 Å². The fourth-order valence-electron chi connectivity index (χ4n) is 1.78. The van der Waals surface area contributed by atoms with E-state index < -0.39 is 17.5 Å². The van der Waals surface area contributed by atoms with E-state index in [1.807, 2.05) is 13.0 Å². The molecule has 0 radical (unpaired) electrons. The van der Waals surface area contributed by atoms with Crippen LogP contribution >= 0.6 is 0 Å². The largest absolute Gasteiger partial charge is 0.501 e. The van der Waals surface area contributed by atoms with Gasteiger partial charge in [0.05, 0.1) is 0 Å². The molecule has 6 nitrogen and oxygen atoms in total. The monoisotopic (exact) mass is 287 g/mol. The van der Waals surface area contributed by atoms with Crippen molar-refractivity contribution in [3.8, 4) is 23.0 Å². The summed E-state index contributed by atoms with van der Waals surface area (Å²) in [6, 6.07) is 8.94. The van der Waals surface area contributed by atoms with Crippen LogP contribution in [0.4, 0.5) is 0 Å². The van der Waals surface area contributed by atoms with Crippen molar-refractivity contribution in [3.63, 3.8) is 0 Å². The Labute approximate surface area is 122 Å². The van der Waals surface area contributed by atoms with Gasteiger partial charge in [0.2, 0.25) is 5.75 Å². The molecule has 1 heterocycles. The number of hydrogen-bond donors (Lipinski definition) is 3. The number of benzene rings is 1. The molecule has 0 aliphatic heterocycles. The fourth-order valence-corrected chi connectivity index (χ4v) is 1.78. The van der Waals surface area contributed by atoms with Crippen LogP contribution in [0.15, 0.2) is 30.3 Å². The first-order valence-corrected chi connectivity index (χ1v) is 6.77. The van der Waals surface area contributed by atoms with Crippen LogP contribution in [0.2, 0.25) is 0 Å². The molecule has 110 valence electrons. The predicted molar refractivity (Wildman–Crippen MR) is 78.0 cm³/mol. The second kappa shape index (κ2) is 6.69. The van der Waals surface area contributed by atoms with Crippen LogP contribution in [0.3, 0.4) is 0 Å². The summed E-state index contributed by atoms with van der Waals surface area (Å²) in [5.74, 6) is -1.56. The molecule has 21 heavy (non-hydrogen) atoms. The summed E-state index contributed by atoms with van der Waals surface area (Å²) in [5.41, 5.74) is 0.424. The first kappa shape index (κ1) is 14.8. The third kappa shape index (κ3) is 3.47. The van der Waals surface area contributed by atoms with Gasteiger partial charge >= 0.3 is 0 Å². The van der Waals surface area contributed by atoms with Gasteiger partial charge in [0.25, 0.3) is 11.8 Å². The average Bonchev–Trinajstić information content (AvgIpc) is 2.51. The molecule has 3 N–H and O–H groups in total. The zero-order valence-electron chi connectivity index (χ0n) is 11.7. The van der Waals surface area contributed by atoms with E-state index in [4.69, 9.17) is 0 Å². The molecule has 2 aromatic rings.